The minimum Gasteiger partial charge on any atom is -0.494 e. The summed E-state index contributed by atoms with van der Waals surface area (Å²) in [6.45, 7) is 0.242. The van der Waals surface area contributed by atoms with Gasteiger partial charge < -0.3 is 14.7 Å². The van der Waals surface area contributed by atoms with Crippen molar-refractivity contribution in [2.75, 3.05) is 27.3 Å². The van der Waals surface area contributed by atoms with Crippen LogP contribution in [0.25, 0.3) is 10.9 Å². The third kappa shape index (κ3) is 2.66. The van der Waals surface area contributed by atoms with Crippen LogP contribution in [0.2, 0.25) is 0 Å². The highest BCUT2D eigenvalue weighted by molar-refractivity contribution is 5.98. The Morgan fingerprint density at radius 1 is 1.47 bits per heavy atom. The summed E-state index contributed by atoms with van der Waals surface area (Å²) >= 11 is 0. The molecule has 0 bridgehead atoms. The first kappa shape index (κ1) is 13.3. The number of carbonyl (C=O) groups excluding carboxylic acids is 1. The molecule has 19 heavy (non-hydrogen) atoms. The molecular weight excluding hydrogens is 244 g/mol. The van der Waals surface area contributed by atoms with E-state index in [4.69, 9.17) is 9.84 Å². The molecule has 1 N–H and O–H groups in total. The second-order valence-corrected chi connectivity index (χ2v) is 4.21. The van der Waals surface area contributed by atoms with Gasteiger partial charge in [-0.2, -0.15) is 0 Å². The lowest BCUT2D eigenvalue weighted by atomic mass is 10.1. The number of likely N-dealkylation sites (N-methyl/N-ethyl adjacent to an activating group) is 1. The number of fused-ring (bicyclic) bond motifs is 1. The molecule has 0 aliphatic rings. The van der Waals surface area contributed by atoms with Gasteiger partial charge in [-0.05, 0) is 12.1 Å². The number of amides is 1. The van der Waals surface area contributed by atoms with E-state index in [9.17, 15) is 4.79 Å². The number of rotatable bonds is 4. The summed E-state index contributed by atoms with van der Waals surface area (Å²) < 4.78 is 5.22. The molecule has 0 saturated carbocycles. The Morgan fingerprint density at radius 3 is 2.95 bits per heavy atom. The van der Waals surface area contributed by atoms with E-state index in [1.54, 1.807) is 20.2 Å². The molecule has 0 fully saturated rings. The maximum atomic E-state index is 12.1. The Bertz CT molecular complexity index is 598. The third-order valence-corrected chi connectivity index (χ3v) is 2.92. The van der Waals surface area contributed by atoms with Crippen LogP contribution in [-0.2, 0) is 0 Å². The summed E-state index contributed by atoms with van der Waals surface area (Å²) in [6.07, 6.45) is 1.53. The van der Waals surface area contributed by atoms with E-state index in [-0.39, 0.29) is 12.5 Å². The van der Waals surface area contributed by atoms with Gasteiger partial charge in [0.05, 0.1) is 19.3 Å². The maximum Gasteiger partial charge on any atom is 0.255 e. The molecule has 0 unspecified atom stereocenters. The summed E-state index contributed by atoms with van der Waals surface area (Å²) in [5.41, 5.74) is 1.23. The van der Waals surface area contributed by atoms with Crippen molar-refractivity contribution >= 4 is 16.8 Å². The number of hydrogen-bond acceptors (Lipinski definition) is 4. The number of ether oxygens (including phenoxy) is 1. The van der Waals surface area contributed by atoms with Crippen molar-refractivity contribution in [2.24, 2.45) is 0 Å². The standard InChI is InChI=1S/C14H16N2O3/c1-16(6-7-17)14(18)11-8-10-4-3-5-12(19-2)13(10)15-9-11/h3-5,8-9,17H,6-7H2,1-2H3. The lowest BCUT2D eigenvalue weighted by Crippen LogP contribution is -2.29. The first-order chi connectivity index (χ1) is 9.17. The van der Waals surface area contributed by atoms with Crippen molar-refractivity contribution in [1.29, 1.82) is 0 Å². The number of methoxy groups -OCH3 is 1. The van der Waals surface area contributed by atoms with Gasteiger partial charge in [-0.3, -0.25) is 9.78 Å². The van der Waals surface area contributed by atoms with Gasteiger partial charge in [-0.25, -0.2) is 0 Å². The van der Waals surface area contributed by atoms with Crippen molar-refractivity contribution in [2.45, 2.75) is 0 Å². The van der Waals surface area contributed by atoms with E-state index in [0.29, 0.717) is 17.9 Å². The number of pyridine rings is 1. The smallest absolute Gasteiger partial charge is 0.255 e. The third-order valence-electron chi connectivity index (χ3n) is 2.92. The van der Waals surface area contributed by atoms with Gasteiger partial charge in [0.15, 0.2) is 0 Å². The average molecular weight is 260 g/mol. The van der Waals surface area contributed by atoms with Crippen LogP contribution in [0.1, 0.15) is 10.4 Å². The Labute approximate surface area is 111 Å². The molecule has 0 atom stereocenters. The van der Waals surface area contributed by atoms with Gasteiger partial charge in [0.25, 0.3) is 5.91 Å². The molecular formula is C14H16N2O3. The van der Waals surface area contributed by atoms with Crippen LogP contribution in [0.5, 0.6) is 5.75 Å². The number of benzene rings is 1. The summed E-state index contributed by atoms with van der Waals surface area (Å²) in [5, 5.41) is 9.70. The van der Waals surface area contributed by atoms with Gasteiger partial charge in [-0.15, -0.1) is 0 Å². The van der Waals surface area contributed by atoms with Gasteiger partial charge in [0.1, 0.15) is 11.3 Å². The number of nitrogens with zero attached hydrogens (tertiary/aromatic N) is 2. The minimum atomic E-state index is -0.161. The molecule has 1 aromatic heterocycles. The average Bonchev–Trinajstić information content (AvgIpc) is 2.45. The number of aliphatic hydroxyl groups is 1. The summed E-state index contributed by atoms with van der Waals surface area (Å²) in [4.78, 5) is 17.8. The second kappa shape index (κ2) is 5.67. The van der Waals surface area contributed by atoms with Crippen LogP contribution in [0.3, 0.4) is 0 Å². The van der Waals surface area contributed by atoms with Crippen LogP contribution in [0, 0.1) is 0 Å². The lowest BCUT2D eigenvalue weighted by molar-refractivity contribution is 0.0766. The number of aliphatic hydroxyl groups excluding tert-OH is 1. The molecule has 1 aromatic carbocycles. The van der Waals surface area contributed by atoms with Crippen molar-refractivity contribution < 1.29 is 14.6 Å². The van der Waals surface area contributed by atoms with Crippen molar-refractivity contribution in [3.8, 4) is 5.75 Å². The number of aromatic nitrogens is 1. The zero-order valence-electron chi connectivity index (χ0n) is 11.0. The van der Waals surface area contributed by atoms with Gasteiger partial charge in [-0.1, -0.05) is 12.1 Å². The maximum absolute atomic E-state index is 12.1. The quantitative estimate of drug-likeness (QED) is 0.900. The summed E-state index contributed by atoms with van der Waals surface area (Å²) in [5.74, 6) is 0.520. The number of para-hydroxylation sites is 1. The predicted molar refractivity (Wildman–Crippen MR) is 72.3 cm³/mol. The topological polar surface area (TPSA) is 62.7 Å². The molecule has 1 amide bonds. The second-order valence-electron chi connectivity index (χ2n) is 4.21. The fraction of sp³-hybridized carbons (Fsp3) is 0.286. The normalized spacial score (nSPS) is 10.5. The molecule has 1 heterocycles. The van der Waals surface area contributed by atoms with Crippen LogP contribution in [0.15, 0.2) is 30.5 Å². The Hall–Kier alpha value is -2.14. The largest absolute Gasteiger partial charge is 0.494 e. The Kier molecular flexibility index (Phi) is 3.97. The predicted octanol–water partition coefficient (Wildman–Crippen LogP) is 1.31. The first-order valence-electron chi connectivity index (χ1n) is 5.96. The molecule has 2 rings (SSSR count). The van der Waals surface area contributed by atoms with Crippen LogP contribution >= 0.6 is 0 Å². The minimum absolute atomic E-state index is 0.0585. The molecule has 0 aliphatic heterocycles. The molecule has 0 saturated heterocycles. The number of carbonyl (C=O) groups is 1. The van der Waals surface area contributed by atoms with E-state index >= 15 is 0 Å². The Morgan fingerprint density at radius 2 is 2.26 bits per heavy atom. The van der Waals surface area contributed by atoms with Crippen molar-refractivity contribution in [3.63, 3.8) is 0 Å². The van der Waals surface area contributed by atoms with E-state index in [1.165, 1.54) is 11.1 Å². The van der Waals surface area contributed by atoms with Gasteiger partial charge in [0.2, 0.25) is 0 Å². The Balaban J connectivity index is 2.39. The summed E-state index contributed by atoms with van der Waals surface area (Å²) in [7, 11) is 3.23. The van der Waals surface area contributed by atoms with E-state index in [1.807, 2.05) is 18.2 Å². The monoisotopic (exact) mass is 260 g/mol. The molecule has 0 spiro atoms. The van der Waals surface area contributed by atoms with Gasteiger partial charge in [0, 0.05) is 25.2 Å². The molecule has 100 valence electrons. The zero-order valence-corrected chi connectivity index (χ0v) is 11.0. The molecule has 0 radical (unpaired) electrons. The zero-order chi connectivity index (χ0) is 13.8. The van der Waals surface area contributed by atoms with E-state index in [2.05, 4.69) is 4.98 Å². The van der Waals surface area contributed by atoms with E-state index < -0.39 is 0 Å². The fourth-order valence-electron chi connectivity index (χ4n) is 1.89. The highest BCUT2D eigenvalue weighted by atomic mass is 16.5. The SMILES string of the molecule is COc1cccc2cc(C(=O)N(C)CCO)cnc12. The summed E-state index contributed by atoms with van der Waals surface area (Å²) in [6, 6.07) is 7.35. The number of hydrogen-bond donors (Lipinski definition) is 1. The first-order valence-corrected chi connectivity index (χ1v) is 5.96. The van der Waals surface area contributed by atoms with Gasteiger partial charge >= 0.3 is 0 Å². The highest BCUT2D eigenvalue weighted by Crippen LogP contribution is 2.23. The molecule has 0 aliphatic carbocycles. The van der Waals surface area contributed by atoms with Crippen LogP contribution in [-0.4, -0.2) is 48.2 Å². The highest BCUT2D eigenvalue weighted by Gasteiger charge is 2.13. The molecule has 5 nitrogen and oxygen atoms in total. The van der Waals surface area contributed by atoms with Crippen molar-refractivity contribution in [3.05, 3.63) is 36.0 Å². The van der Waals surface area contributed by atoms with Crippen LogP contribution < -0.4 is 4.74 Å². The lowest BCUT2D eigenvalue weighted by Gasteiger charge is -2.15. The van der Waals surface area contributed by atoms with Crippen molar-refractivity contribution in [1.82, 2.24) is 9.88 Å². The molecule has 5 heteroatoms. The van der Waals surface area contributed by atoms with Crippen LogP contribution in [0.4, 0.5) is 0 Å². The fourth-order valence-corrected chi connectivity index (χ4v) is 1.89. The van der Waals surface area contributed by atoms with E-state index in [0.717, 1.165) is 10.9 Å². The molecule has 2 aromatic rings.